The van der Waals surface area contributed by atoms with E-state index in [9.17, 15) is 4.79 Å². The highest BCUT2D eigenvalue weighted by Gasteiger charge is 2.47. The SMILES string of the molecule is [C-]#[N+]C[C@H]1CN(c2nc(OC[C@@H]3CCCN3C)nc3c2CCN(c2cccc4cccc(Cl)c24)C3)CCN1C(=O)[C@H]1O[C@@H]1C. The molecule has 1 aromatic heterocycles. The van der Waals surface area contributed by atoms with Crippen molar-refractivity contribution in [2.45, 2.75) is 57.0 Å². The van der Waals surface area contributed by atoms with Crippen molar-refractivity contribution in [3.63, 3.8) is 0 Å². The third-order valence-corrected chi connectivity index (χ3v) is 9.91. The van der Waals surface area contributed by atoms with Crippen LogP contribution in [0.4, 0.5) is 11.5 Å². The van der Waals surface area contributed by atoms with E-state index in [1.807, 2.05) is 24.0 Å². The first-order valence-electron chi connectivity index (χ1n) is 15.6. The number of epoxide rings is 1. The van der Waals surface area contributed by atoms with E-state index in [1.54, 1.807) is 0 Å². The molecule has 3 saturated heterocycles. The molecule has 4 aliphatic rings. The van der Waals surface area contributed by atoms with Crippen LogP contribution in [-0.4, -0.2) is 103 Å². The molecule has 3 aromatic rings. The summed E-state index contributed by atoms with van der Waals surface area (Å²) in [5.41, 5.74) is 3.15. The first-order valence-corrected chi connectivity index (χ1v) is 16.0. The van der Waals surface area contributed by atoms with Crippen LogP contribution in [0.1, 0.15) is 31.0 Å². The maximum Gasteiger partial charge on any atom is 0.318 e. The van der Waals surface area contributed by atoms with Crippen molar-refractivity contribution in [3.8, 4) is 6.01 Å². The van der Waals surface area contributed by atoms with Crippen molar-refractivity contribution >= 4 is 39.8 Å². The van der Waals surface area contributed by atoms with Crippen LogP contribution in [0.3, 0.4) is 0 Å². The highest BCUT2D eigenvalue weighted by Crippen LogP contribution is 2.37. The number of carbonyl (C=O) groups is 1. The number of piperazine rings is 1. The van der Waals surface area contributed by atoms with Gasteiger partial charge in [-0.05, 0) is 57.3 Å². The third-order valence-electron chi connectivity index (χ3n) is 9.59. The molecule has 7 rings (SSSR count). The third kappa shape index (κ3) is 5.53. The Balaban J connectivity index is 1.20. The number of rotatable bonds is 7. The van der Waals surface area contributed by atoms with Crippen LogP contribution in [0.15, 0.2) is 36.4 Å². The number of hydrogen-bond acceptors (Lipinski definition) is 8. The summed E-state index contributed by atoms with van der Waals surface area (Å²) in [4.78, 5) is 35.6. The zero-order valence-electron chi connectivity index (χ0n) is 25.3. The molecule has 44 heavy (non-hydrogen) atoms. The molecule has 0 radical (unpaired) electrons. The lowest BCUT2D eigenvalue weighted by molar-refractivity contribution is -0.135. The summed E-state index contributed by atoms with van der Waals surface area (Å²) in [5, 5.41) is 2.89. The molecule has 2 aromatic carbocycles. The molecule has 10 nitrogen and oxygen atoms in total. The number of nitrogens with zero attached hydrogens (tertiary/aromatic N) is 7. The van der Waals surface area contributed by atoms with E-state index in [0.717, 1.165) is 64.5 Å². The Morgan fingerprint density at radius 2 is 1.93 bits per heavy atom. The molecular formula is C33H38ClN7O3. The maximum absolute atomic E-state index is 13.1. The molecule has 0 saturated carbocycles. The predicted octanol–water partition coefficient (Wildman–Crippen LogP) is 4.04. The number of hydrogen-bond donors (Lipinski definition) is 0. The van der Waals surface area contributed by atoms with Crippen molar-refractivity contribution < 1.29 is 14.3 Å². The van der Waals surface area contributed by atoms with Crippen molar-refractivity contribution in [3.05, 3.63) is 64.1 Å². The summed E-state index contributed by atoms with van der Waals surface area (Å²) in [5.74, 6) is 0.850. The molecule has 0 bridgehead atoms. The summed E-state index contributed by atoms with van der Waals surface area (Å²) in [6.45, 7) is 14.4. The number of carbonyl (C=O) groups excluding carboxylic acids is 1. The molecule has 0 aliphatic carbocycles. The Morgan fingerprint density at radius 3 is 2.68 bits per heavy atom. The lowest BCUT2D eigenvalue weighted by Gasteiger charge is -2.41. The summed E-state index contributed by atoms with van der Waals surface area (Å²) in [7, 11) is 2.14. The number of amides is 1. The molecule has 0 N–H and O–H groups in total. The van der Waals surface area contributed by atoms with Gasteiger partial charge in [0.25, 0.3) is 5.91 Å². The fourth-order valence-corrected chi connectivity index (χ4v) is 7.31. The minimum Gasteiger partial charge on any atom is -0.462 e. The molecule has 4 atom stereocenters. The maximum atomic E-state index is 13.1. The standard InChI is InChI=1S/C33H38ClN7O3/c1-21-30(44-21)32(42)41-16-15-40(18-24(41)17-35-2)31-25-12-14-39(28-11-5-8-22-7-4-10-26(34)29(22)28)19-27(25)36-33(37-31)43-20-23-9-6-13-38(23)3/h4-5,7-8,10-11,21,23-24,30H,6,9,12-20H2,1,3H3/t21-,23+,24+,30+/m1/s1. The van der Waals surface area contributed by atoms with Crippen molar-refractivity contribution in [2.75, 3.05) is 62.7 Å². The average molecular weight is 616 g/mol. The smallest absolute Gasteiger partial charge is 0.318 e. The molecule has 3 fully saturated rings. The van der Waals surface area contributed by atoms with Gasteiger partial charge in [-0.2, -0.15) is 9.97 Å². The highest BCUT2D eigenvalue weighted by molar-refractivity contribution is 6.36. The number of aromatic nitrogens is 2. The van der Waals surface area contributed by atoms with Gasteiger partial charge in [-0.15, -0.1) is 0 Å². The van der Waals surface area contributed by atoms with Crippen LogP contribution in [0.25, 0.3) is 15.6 Å². The van der Waals surface area contributed by atoms with Crippen molar-refractivity contribution in [1.29, 1.82) is 0 Å². The number of ether oxygens (including phenoxy) is 2. The van der Waals surface area contributed by atoms with Crippen LogP contribution in [-0.2, 0) is 22.5 Å². The average Bonchev–Trinajstić information content (AvgIpc) is 3.63. The quantitative estimate of drug-likeness (QED) is 0.291. The Labute approximate surface area is 263 Å². The number of fused-ring (bicyclic) bond motifs is 2. The normalized spacial score (nSPS) is 25.2. The number of anilines is 2. The van der Waals surface area contributed by atoms with Gasteiger partial charge in [0.05, 0.1) is 23.4 Å². The van der Waals surface area contributed by atoms with Gasteiger partial charge in [0.1, 0.15) is 18.5 Å². The first-order chi connectivity index (χ1) is 21.4. The highest BCUT2D eigenvalue weighted by atomic mass is 35.5. The molecule has 11 heteroatoms. The number of benzene rings is 2. The van der Waals surface area contributed by atoms with Gasteiger partial charge in [0.2, 0.25) is 6.54 Å². The second-order valence-corrected chi connectivity index (χ2v) is 12.8. The van der Waals surface area contributed by atoms with E-state index < -0.39 is 0 Å². The van der Waals surface area contributed by atoms with Crippen LogP contribution in [0.5, 0.6) is 6.01 Å². The monoisotopic (exact) mass is 615 g/mol. The molecule has 5 heterocycles. The summed E-state index contributed by atoms with van der Waals surface area (Å²) in [6, 6.07) is 12.8. The Bertz CT molecular complexity index is 1610. The van der Waals surface area contributed by atoms with Gasteiger partial charge in [-0.25, -0.2) is 6.57 Å². The van der Waals surface area contributed by atoms with Gasteiger partial charge in [0, 0.05) is 48.9 Å². The molecule has 1 amide bonds. The largest absolute Gasteiger partial charge is 0.462 e. The van der Waals surface area contributed by atoms with Gasteiger partial charge in [-0.3, -0.25) is 4.79 Å². The van der Waals surface area contributed by atoms with Gasteiger partial charge < -0.3 is 33.9 Å². The second kappa shape index (κ2) is 12.0. The summed E-state index contributed by atoms with van der Waals surface area (Å²) in [6.07, 6.45) is 2.59. The van der Waals surface area contributed by atoms with Gasteiger partial charge >= 0.3 is 6.01 Å². The topological polar surface area (TPSA) is 81.9 Å². The number of likely N-dealkylation sites (N-methyl/N-ethyl adjacent to an activating group) is 1. The molecule has 0 spiro atoms. The second-order valence-electron chi connectivity index (χ2n) is 12.4. The van der Waals surface area contributed by atoms with Gasteiger partial charge in [0.15, 0.2) is 6.10 Å². The first kappa shape index (κ1) is 29.1. The van der Waals surface area contributed by atoms with E-state index in [2.05, 4.69) is 50.9 Å². The predicted molar refractivity (Wildman–Crippen MR) is 170 cm³/mol. The van der Waals surface area contributed by atoms with E-state index in [0.29, 0.717) is 44.8 Å². The van der Waals surface area contributed by atoms with E-state index in [4.69, 9.17) is 37.6 Å². The van der Waals surface area contributed by atoms with Gasteiger partial charge in [-0.1, -0.05) is 35.9 Å². The van der Waals surface area contributed by atoms with Crippen LogP contribution >= 0.6 is 11.6 Å². The Kier molecular flexibility index (Phi) is 7.95. The van der Waals surface area contributed by atoms with Crippen molar-refractivity contribution in [1.82, 2.24) is 19.8 Å². The number of likely N-dealkylation sites (tertiary alicyclic amines) is 1. The van der Waals surface area contributed by atoms with Crippen molar-refractivity contribution in [2.24, 2.45) is 0 Å². The van der Waals surface area contributed by atoms with Crippen LogP contribution < -0.4 is 14.5 Å². The van der Waals surface area contributed by atoms with E-state index in [1.165, 1.54) is 6.42 Å². The molecule has 4 aliphatic heterocycles. The zero-order chi connectivity index (χ0) is 30.4. The lowest BCUT2D eigenvalue weighted by Crippen LogP contribution is -2.58. The fourth-order valence-electron chi connectivity index (χ4n) is 7.03. The minimum absolute atomic E-state index is 0.00962. The Hall–Kier alpha value is -3.65. The molecule has 0 unspecified atom stereocenters. The summed E-state index contributed by atoms with van der Waals surface area (Å²) < 4.78 is 11.8. The zero-order valence-corrected chi connectivity index (χ0v) is 26.0. The fraction of sp³-hybridized carbons (Fsp3) is 0.515. The lowest BCUT2D eigenvalue weighted by atomic mass is 10.0. The van der Waals surface area contributed by atoms with Crippen LogP contribution in [0.2, 0.25) is 5.02 Å². The Morgan fingerprint density at radius 1 is 1.11 bits per heavy atom. The molecular weight excluding hydrogens is 578 g/mol. The van der Waals surface area contributed by atoms with E-state index >= 15 is 0 Å². The molecule has 230 valence electrons. The van der Waals surface area contributed by atoms with Crippen LogP contribution in [0, 0.1) is 6.57 Å². The van der Waals surface area contributed by atoms with E-state index in [-0.39, 0.29) is 30.7 Å². The summed E-state index contributed by atoms with van der Waals surface area (Å²) >= 11 is 6.71. The minimum atomic E-state index is -0.385. The number of halogens is 1.